The van der Waals surface area contributed by atoms with Gasteiger partial charge in [0.15, 0.2) is 0 Å². The van der Waals surface area contributed by atoms with Gasteiger partial charge in [-0.05, 0) is 36.8 Å². The van der Waals surface area contributed by atoms with Gasteiger partial charge in [-0.3, -0.25) is 9.69 Å². The van der Waals surface area contributed by atoms with Crippen LogP contribution in [0.3, 0.4) is 0 Å². The molecule has 5 heteroatoms. The summed E-state index contributed by atoms with van der Waals surface area (Å²) in [6.07, 6.45) is 0. The average molecular weight is 334 g/mol. The van der Waals surface area contributed by atoms with Gasteiger partial charge in [0, 0.05) is 37.4 Å². The van der Waals surface area contributed by atoms with Crippen molar-refractivity contribution in [2.45, 2.75) is 6.92 Å². The Morgan fingerprint density at radius 2 is 1.88 bits per heavy atom. The smallest absolute Gasteiger partial charge is 0.252 e. The molecule has 0 bridgehead atoms. The molecule has 25 heavy (non-hydrogen) atoms. The molecule has 0 radical (unpaired) electrons. The van der Waals surface area contributed by atoms with E-state index in [9.17, 15) is 4.79 Å². The molecule has 1 fully saturated rings. The first-order valence-electron chi connectivity index (χ1n) is 8.48. The van der Waals surface area contributed by atoms with Crippen molar-refractivity contribution in [3.05, 3.63) is 65.2 Å². The van der Waals surface area contributed by atoms with Gasteiger partial charge in [-0.15, -0.1) is 0 Å². The van der Waals surface area contributed by atoms with Crippen LogP contribution in [0.25, 0.3) is 0 Å². The predicted octanol–water partition coefficient (Wildman–Crippen LogP) is 2.38. The summed E-state index contributed by atoms with van der Waals surface area (Å²) in [6.45, 7) is 6.03. The summed E-state index contributed by atoms with van der Waals surface area (Å²) in [5.41, 5.74) is 3.49. The first-order chi connectivity index (χ1) is 12.2. The summed E-state index contributed by atoms with van der Waals surface area (Å²) in [5, 5.41) is 12.0. The summed E-state index contributed by atoms with van der Waals surface area (Å²) in [7, 11) is 0. The van der Waals surface area contributed by atoms with Gasteiger partial charge in [0.2, 0.25) is 0 Å². The van der Waals surface area contributed by atoms with Gasteiger partial charge in [-0.25, -0.2) is 0 Å². The third kappa shape index (κ3) is 4.17. The molecule has 1 aliphatic heterocycles. The average Bonchev–Trinajstić information content (AvgIpc) is 2.67. The first kappa shape index (κ1) is 17.0. The van der Waals surface area contributed by atoms with Crippen LogP contribution in [0.2, 0.25) is 0 Å². The third-order valence-corrected chi connectivity index (χ3v) is 4.57. The number of nitrogens with zero attached hydrogens (tertiary/aromatic N) is 3. The molecule has 3 rings (SSSR count). The molecule has 2 aromatic carbocycles. The summed E-state index contributed by atoms with van der Waals surface area (Å²) in [5.74, 6) is -0.0257. The van der Waals surface area contributed by atoms with Crippen molar-refractivity contribution in [3.8, 4) is 6.07 Å². The van der Waals surface area contributed by atoms with Crippen LogP contribution in [0.1, 0.15) is 21.5 Å². The number of amides is 1. The summed E-state index contributed by atoms with van der Waals surface area (Å²) < 4.78 is 0. The SMILES string of the molecule is Cc1ccccc1C(=O)NCN1CCN(c2cccc(C#N)c2)CC1. The normalized spacial score (nSPS) is 14.8. The first-order valence-corrected chi connectivity index (χ1v) is 8.48. The highest BCUT2D eigenvalue weighted by Gasteiger charge is 2.18. The van der Waals surface area contributed by atoms with E-state index in [0.29, 0.717) is 12.2 Å². The van der Waals surface area contributed by atoms with Crippen molar-refractivity contribution < 1.29 is 4.79 Å². The monoisotopic (exact) mass is 334 g/mol. The number of aryl methyl sites for hydroxylation is 1. The Morgan fingerprint density at radius 3 is 2.60 bits per heavy atom. The third-order valence-electron chi connectivity index (χ3n) is 4.57. The molecule has 1 aliphatic rings. The Morgan fingerprint density at radius 1 is 1.12 bits per heavy atom. The molecule has 0 aromatic heterocycles. The van der Waals surface area contributed by atoms with E-state index in [1.165, 1.54) is 0 Å². The number of nitrogens with one attached hydrogen (secondary N) is 1. The van der Waals surface area contributed by atoms with Crippen LogP contribution >= 0.6 is 0 Å². The van der Waals surface area contributed by atoms with Crippen LogP contribution in [-0.2, 0) is 0 Å². The zero-order valence-electron chi connectivity index (χ0n) is 14.4. The molecule has 0 saturated carbocycles. The number of hydrogen-bond acceptors (Lipinski definition) is 4. The number of hydrogen-bond donors (Lipinski definition) is 1. The zero-order valence-corrected chi connectivity index (χ0v) is 14.4. The molecule has 2 aromatic rings. The zero-order chi connectivity index (χ0) is 17.6. The van der Waals surface area contributed by atoms with Crippen LogP contribution in [0.4, 0.5) is 5.69 Å². The number of carbonyl (C=O) groups is 1. The predicted molar refractivity (Wildman–Crippen MR) is 98.5 cm³/mol. The van der Waals surface area contributed by atoms with E-state index < -0.39 is 0 Å². The molecule has 0 spiro atoms. The van der Waals surface area contributed by atoms with E-state index in [1.54, 1.807) is 0 Å². The molecule has 1 amide bonds. The number of carbonyl (C=O) groups excluding carboxylic acids is 1. The molecule has 0 unspecified atom stereocenters. The summed E-state index contributed by atoms with van der Waals surface area (Å²) >= 11 is 0. The molecule has 1 saturated heterocycles. The van der Waals surface area contributed by atoms with Gasteiger partial charge in [0.05, 0.1) is 18.3 Å². The minimum Gasteiger partial charge on any atom is -0.369 e. The highest BCUT2D eigenvalue weighted by molar-refractivity contribution is 5.95. The number of nitriles is 1. The maximum Gasteiger partial charge on any atom is 0.252 e. The minimum absolute atomic E-state index is 0.0257. The Labute approximate surface area is 148 Å². The lowest BCUT2D eigenvalue weighted by Gasteiger charge is -2.36. The molecule has 128 valence electrons. The van der Waals surface area contributed by atoms with Gasteiger partial charge in [-0.2, -0.15) is 5.26 Å². The standard InChI is InChI=1S/C20H22N4O/c1-16-5-2-3-8-19(16)20(25)22-15-23-9-11-24(12-10-23)18-7-4-6-17(13-18)14-21/h2-8,13H,9-12,15H2,1H3,(H,22,25). The minimum atomic E-state index is -0.0257. The fourth-order valence-corrected chi connectivity index (χ4v) is 3.04. The molecular formula is C20H22N4O. The lowest BCUT2D eigenvalue weighted by molar-refractivity contribution is 0.0919. The number of piperazine rings is 1. The lowest BCUT2D eigenvalue weighted by Crippen LogP contribution is -2.50. The number of rotatable bonds is 4. The number of anilines is 1. The second kappa shape index (κ2) is 7.82. The van der Waals surface area contributed by atoms with Gasteiger partial charge in [-0.1, -0.05) is 24.3 Å². The molecule has 5 nitrogen and oxygen atoms in total. The van der Waals surface area contributed by atoms with Crippen molar-refractivity contribution in [2.24, 2.45) is 0 Å². The lowest BCUT2D eigenvalue weighted by atomic mass is 10.1. The number of benzene rings is 2. The summed E-state index contributed by atoms with van der Waals surface area (Å²) in [6, 6.07) is 17.5. The fraction of sp³-hybridized carbons (Fsp3) is 0.300. The Kier molecular flexibility index (Phi) is 5.32. The van der Waals surface area contributed by atoms with Gasteiger partial charge < -0.3 is 10.2 Å². The molecule has 0 aliphatic carbocycles. The summed E-state index contributed by atoms with van der Waals surface area (Å²) in [4.78, 5) is 16.8. The van der Waals surface area contributed by atoms with E-state index in [4.69, 9.17) is 5.26 Å². The molecular weight excluding hydrogens is 312 g/mol. The second-order valence-electron chi connectivity index (χ2n) is 6.25. The van der Waals surface area contributed by atoms with Crippen LogP contribution < -0.4 is 10.2 Å². The Bertz CT molecular complexity index is 788. The van der Waals surface area contributed by atoms with Crippen molar-refractivity contribution in [1.29, 1.82) is 5.26 Å². The van der Waals surface area contributed by atoms with E-state index >= 15 is 0 Å². The van der Waals surface area contributed by atoms with Gasteiger partial charge >= 0.3 is 0 Å². The maximum atomic E-state index is 12.3. The Hall–Kier alpha value is -2.84. The van der Waals surface area contributed by atoms with Crippen molar-refractivity contribution in [1.82, 2.24) is 10.2 Å². The van der Waals surface area contributed by atoms with E-state index in [0.717, 1.165) is 43.0 Å². The van der Waals surface area contributed by atoms with Crippen LogP contribution in [0, 0.1) is 18.3 Å². The fourth-order valence-electron chi connectivity index (χ4n) is 3.04. The highest BCUT2D eigenvalue weighted by Crippen LogP contribution is 2.17. The van der Waals surface area contributed by atoms with Crippen LogP contribution in [-0.4, -0.2) is 43.7 Å². The van der Waals surface area contributed by atoms with E-state index in [2.05, 4.69) is 21.2 Å². The molecule has 1 heterocycles. The Balaban J connectivity index is 1.50. The van der Waals surface area contributed by atoms with Crippen molar-refractivity contribution >= 4 is 11.6 Å². The van der Waals surface area contributed by atoms with E-state index in [1.807, 2.05) is 55.5 Å². The molecule has 1 N–H and O–H groups in total. The molecule has 0 atom stereocenters. The highest BCUT2D eigenvalue weighted by atomic mass is 16.1. The van der Waals surface area contributed by atoms with Crippen molar-refractivity contribution in [3.63, 3.8) is 0 Å². The van der Waals surface area contributed by atoms with Gasteiger partial charge in [0.25, 0.3) is 5.91 Å². The topological polar surface area (TPSA) is 59.4 Å². The van der Waals surface area contributed by atoms with Crippen LogP contribution in [0.15, 0.2) is 48.5 Å². The quantitative estimate of drug-likeness (QED) is 0.933. The van der Waals surface area contributed by atoms with Gasteiger partial charge in [0.1, 0.15) is 0 Å². The largest absolute Gasteiger partial charge is 0.369 e. The maximum absolute atomic E-state index is 12.3. The van der Waals surface area contributed by atoms with Crippen LogP contribution in [0.5, 0.6) is 0 Å². The second-order valence-corrected chi connectivity index (χ2v) is 6.25. The van der Waals surface area contributed by atoms with E-state index in [-0.39, 0.29) is 5.91 Å². The van der Waals surface area contributed by atoms with Crippen molar-refractivity contribution in [2.75, 3.05) is 37.7 Å².